The number of ether oxygens (including phenoxy) is 1. The van der Waals surface area contributed by atoms with Gasteiger partial charge in [0.1, 0.15) is 17.6 Å². The topological polar surface area (TPSA) is 70.8 Å². The number of rotatable bonds is 14. The van der Waals surface area contributed by atoms with E-state index in [9.17, 15) is 14.3 Å². The van der Waals surface area contributed by atoms with E-state index in [1.165, 1.54) is 17.3 Å². The van der Waals surface area contributed by atoms with Crippen LogP contribution in [-0.2, 0) is 17.8 Å². The molecule has 1 aliphatic heterocycles. The first-order valence-corrected chi connectivity index (χ1v) is 17.4. The number of nitrogens with zero attached hydrogens (tertiary/aromatic N) is 4. The quantitative estimate of drug-likeness (QED) is 0.179. The number of hydrogen-bond donors (Lipinski definition) is 1. The van der Waals surface area contributed by atoms with Crippen LogP contribution >= 0.6 is 37.2 Å². The molecule has 1 N–H and O–H groups in total. The van der Waals surface area contributed by atoms with E-state index in [4.69, 9.17) is 9.84 Å². The molecule has 1 saturated carbocycles. The maximum atomic E-state index is 14.4. The molecule has 1 saturated heterocycles. The Morgan fingerprint density at radius 2 is 1.76 bits per heavy atom. The van der Waals surface area contributed by atoms with Crippen molar-refractivity contribution in [2.24, 2.45) is 11.8 Å². The lowest BCUT2D eigenvalue weighted by atomic mass is 9.87. The molecule has 0 bridgehead atoms. The van der Waals surface area contributed by atoms with E-state index < -0.39 is 12.0 Å². The number of carboxylic acids is 1. The number of aliphatic carboxylic acids is 1. The molecular weight excluding hydrogens is 686 g/mol. The number of carboxylic acid groups (broad SMARTS) is 1. The van der Waals surface area contributed by atoms with Crippen LogP contribution in [0.3, 0.4) is 0 Å². The summed E-state index contributed by atoms with van der Waals surface area (Å²) in [5.41, 5.74) is 4.69. The van der Waals surface area contributed by atoms with Crippen molar-refractivity contribution < 1.29 is 19.0 Å². The van der Waals surface area contributed by atoms with Crippen molar-refractivity contribution in [3.63, 3.8) is 0 Å². The fourth-order valence-electron chi connectivity index (χ4n) is 7.94. The van der Waals surface area contributed by atoms with Gasteiger partial charge in [0, 0.05) is 37.2 Å². The molecule has 1 aliphatic carbocycles. The first kappa shape index (κ1) is 42.8. The summed E-state index contributed by atoms with van der Waals surface area (Å²) in [6.07, 6.45) is 5.37. The summed E-state index contributed by atoms with van der Waals surface area (Å²) in [5.74, 6) is 1.27. The zero-order chi connectivity index (χ0) is 32.8. The van der Waals surface area contributed by atoms with Gasteiger partial charge in [-0.1, -0.05) is 38.1 Å². The second-order valence-electron chi connectivity index (χ2n) is 13.9. The molecule has 5 rings (SSSR count). The molecule has 3 aromatic rings. The van der Waals surface area contributed by atoms with Crippen LogP contribution in [0.25, 0.3) is 0 Å². The number of benzene rings is 2. The predicted molar refractivity (Wildman–Crippen MR) is 203 cm³/mol. The zero-order valence-corrected chi connectivity index (χ0v) is 32.0. The van der Waals surface area contributed by atoms with Crippen LogP contribution in [0, 0.1) is 17.7 Å². The predicted octanol–water partition coefficient (Wildman–Crippen LogP) is 8.47. The fourth-order valence-corrected chi connectivity index (χ4v) is 7.94. The average molecular weight is 742 g/mol. The highest BCUT2D eigenvalue weighted by atomic mass is 35.5. The number of hydrogen-bond acceptors (Lipinski definition) is 5. The summed E-state index contributed by atoms with van der Waals surface area (Å²) >= 11 is 0. The van der Waals surface area contributed by atoms with E-state index in [2.05, 4.69) is 59.5 Å². The zero-order valence-electron chi connectivity index (χ0n) is 29.6. The van der Waals surface area contributed by atoms with Crippen LogP contribution in [0.5, 0.6) is 5.75 Å². The molecule has 0 radical (unpaired) electrons. The number of likely N-dealkylation sites (N-methyl/N-ethyl adjacent to an activating group) is 1. The molecular formula is C38H56Cl3FN4O3. The lowest BCUT2D eigenvalue weighted by Crippen LogP contribution is -2.45. The van der Waals surface area contributed by atoms with Crippen LogP contribution in [0.1, 0.15) is 94.1 Å². The lowest BCUT2D eigenvalue weighted by molar-refractivity contribution is -0.144. The molecule has 0 spiro atoms. The van der Waals surface area contributed by atoms with Gasteiger partial charge in [-0.2, -0.15) is 5.10 Å². The minimum absolute atomic E-state index is 0. The van der Waals surface area contributed by atoms with E-state index in [-0.39, 0.29) is 55.0 Å². The second-order valence-corrected chi connectivity index (χ2v) is 13.9. The number of piperidine rings is 1. The Labute approximate surface area is 311 Å². The Morgan fingerprint density at radius 1 is 1.04 bits per heavy atom. The van der Waals surface area contributed by atoms with Crippen LogP contribution < -0.4 is 4.74 Å². The van der Waals surface area contributed by atoms with Gasteiger partial charge in [0.05, 0.1) is 12.3 Å². The average Bonchev–Trinajstić information content (AvgIpc) is 3.64. The van der Waals surface area contributed by atoms with Crippen LogP contribution in [0.15, 0.2) is 54.6 Å². The highest BCUT2D eigenvalue weighted by molar-refractivity contribution is 5.86. The molecule has 4 atom stereocenters. The van der Waals surface area contributed by atoms with Crippen LogP contribution in [0.4, 0.5) is 4.39 Å². The van der Waals surface area contributed by atoms with Gasteiger partial charge in [0.25, 0.3) is 0 Å². The maximum absolute atomic E-state index is 14.4. The molecule has 3 unspecified atom stereocenters. The third-order valence-electron chi connectivity index (χ3n) is 10.2. The summed E-state index contributed by atoms with van der Waals surface area (Å²) in [6, 6.07) is 17.3. The van der Waals surface area contributed by atoms with Crippen molar-refractivity contribution in [3.05, 3.63) is 82.9 Å². The molecule has 2 fully saturated rings. The molecule has 2 aromatic carbocycles. The number of halogens is 4. The minimum Gasteiger partial charge on any atom is -0.494 e. The SMILES string of the molecule is CCOc1cccc(Cc2cc(C3CCN(CC4CC(N(C)[C@H](CC(C)C)C(=O)O)CC4c4cccc(F)c4)CC3)n(CC)n2)c1.Cl.Cl.Cl. The first-order chi connectivity index (χ1) is 22.1. The van der Waals surface area contributed by atoms with Crippen LogP contribution in [-0.4, -0.2) is 76.0 Å². The Morgan fingerprint density at radius 3 is 2.39 bits per heavy atom. The van der Waals surface area contributed by atoms with E-state index >= 15 is 0 Å². The van der Waals surface area contributed by atoms with Crippen LogP contribution in [0.2, 0.25) is 0 Å². The molecule has 0 amide bonds. The van der Waals surface area contributed by atoms with E-state index in [1.807, 2.05) is 32.2 Å². The lowest BCUT2D eigenvalue weighted by Gasteiger charge is -2.35. The summed E-state index contributed by atoms with van der Waals surface area (Å²) in [5, 5.41) is 15.0. The maximum Gasteiger partial charge on any atom is 0.320 e. The van der Waals surface area contributed by atoms with Gasteiger partial charge in [-0.3, -0.25) is 14.4 Å². The molecule has 1 aromatic heterocycles. The van der Waals surface area contributed by atoms with Gasteiger partial charge in [-0.15, -0.1) is 37.2 Å². The molecule has 49 heavy (non-hydrogen) atoms. The van der Waals surface area contributed by atoms with Crippen molar-refractivity contribution in [1.29, 1.82) is 0 Å². The Bertz CT molecular complexity index is 1450. The first-order valence-electron chi connectivity index (χ1n) is 17.4. The van der Waals surface area contributed by atoms with E-state index in [0.29, 0.717) is 30.8 Å². The van der Waals surface area contributed by atoms with Crippen molar-refractivity contribution in [2.75, 3.05) is 33.3 Å². The standard InChI is InChI=1S/C38H53FN4O3.3ClH/c1-6-43-36(23-32(40-43)19-27-10-8-13-34(20-27)46-7-2)28-14-16-42(17-15-28)25-30-22-33(41(5)37(38(44)45)18-26(3)4)24-35(30)29-11-9-12-31(39)21-29;;;/h8-13,20-21,23,26,28,30,33,35,37H,6-7,14-19,22,24-25H2,1-5H3,(H,44,45);3*1H/t30?,33?,35?,37-;;;/m1.../s1. The summed E-state index contributed by atoms with van der Waals surface area (Å²) in [4.78, 5) is 16.9. The summed E-state index contributed by atoms with van der Waals surface area (Å²) in [7, 11) is 1.98. The summed E-state index contributed by atoms with van der Waals surface area (Å²) < 4.78 is 22.3. The molecule has 2 aliphatic rings. The highest BCUT2D eigenvalue weighted by Gasteiger charge is 2.41. The number of likely N-dealkylation sites (tertiary alicyclic amines) is 1. The molecule has 274 valence electrons. The number of aromatic nitrogens is 2. The van der Waals surface area contributed by atoms with Crippen molar-refractivity contribution in [3.8, 4) is 5.75 Å². The third-order valence-corrected chi connectivity index (χ3v) is 10.2. The smallest absolute Gasteiger partial charge is 0.320 e. The van der Waals surface area contributed by atoms with Crippen molar-refractivity contribution >= 4 is 43.2 Å². The van der Waals surface area contributed by atoms with E-state index in [0.717, 1.165) is 75.3 Å². The van der Waals surface area contributed by atoms with Crippen molar-refractivity contribution in [2.45, 2.75) is 96.7 Å². The van der Waals surface area contributed by atoms with Crippen molar-refractivity contribution in [1.82, 2.24) is 19.6 Å². The number of carbonyl (C=O) groups is 1. The molecule has 11 heteroatoms. The van der Waals surface area contributed by atoms with Gasteiger partial charge < -0.3 is 14.7 Å². The minimum atomic E-state index is -0.752. The normalized spacial score (nSPS) is 20.4. The molecule has 7 nitrogen and oxygen atoms in total. The monoisotopic (exact) mass is 740 g/mol. The summed E-state index contributed by atoms with van der Waals surface area (Å²) in [6.45, 7) is 12.8. The third kappa shape index (κ3) is 11.1. The second kappa shape index (κ2) is 19.9. The Hall–Kier alpha value is -2.36. The van der Waals surface area contributed by atoms with Gasteiger partial charge in [-0.25, -0.2) is 4.39 Å². The largest absolute Gasteiger partial charge is 0.494 e. The molecule has 2 heterocycles. The van der Waals surface area contributed by atoms with E-state index in [1.54, 1.807) is 6.07 Å². The van der Waals surface area contributed by atoms with Gasteiger partial charge >= 0.3 is 5.97 Å². The van der Waals surface area contributed by atoms with Gasteiger partial charge in [0.15, 0.2) is 0 Å². The number of aryl methyl sites for hydroxylation is 1. The van der Waals surface area contributed by atoms with Gasteiger partial charge in [0.2, 0.25) is 0 Å². The Kier molecular flexibility index (Phi) is 17.4. The van der Waals surface area contributed by atoms with Gasteiger partial charge in [-0.05, 0) is 125 Å². The fraction of sp³-hybridized carbons (Fsp3) is 0.579. The Balaban J connectivity index is 0.00000278. The highest BCUT2D eigenvalue weighted by Crippen LogP contribution is 2.43.